The predicted molar refractivity (Wildman–Crippen MR) is 137 cm³/mol. The third-order valence-corrected chi connectivity index (χ3v) is 5.59. The highest BCUT2D eigenvalue weighted by Gasteiger charge is 2.23. The molecule has 1 aromatic heterocycles. The second-order valence-corrected chi connectivity index (χ2v) is 8.98. The van der Waals surface area contributed by atoms with Crippen LogP contribution in [0.3, 0.4) is 0 Å². The first-order valence-electron chi connectivity index (χ1n) is 11.9. The molecular weight excluding hydrogens is 426 g/mol. The van der Waals surface area contributed by atoms with Crippen molar-refractivity contribution in [2.45, 2.75) is 46.3 Å². The van der Waals surface area contributed by atoms with E-state index >= 15 is 0 Å². The Balaban J connectivity index is 2.00. The molecule has 182 valence electrons. The van der Waals surface area contributed by atoms with Gasteiger partial charge in [-0.15, -0.1) is 6.58 Å². The van der Waals surface area contributed by atoms with Gasteiger partial charge < -0.3 is 14.6 Å². The molecule has 0 bridgehead atoms. The number of para-hydroxylation sites is 3. The van der Waals surface area contributed by atoms with E-state index in [2.05, 4.69) is 25.3 Å². The van der Waals surface area contributed by atoms with Crippen molar-refractivity contribution in [1.82, 2.24) is 14.7 Å². The molecule has 6 heteroatoms. The minimum absolute atomic E-state index is 0.417. The Kier molecular flexibility index (Phi) is 9.31. The molecule has 0 fully saturated rings. The van der Waals surface area contributed by atoms with Crippen LogP contribution in [0.4, 0.5) is 0 Å². The van der Waals surface area contributed by atoms with Gasteiger partial charge in [0.25, 0.3) is 0 Å². The van der Waals surface area contributed by atoms with Gasteiger partial charge in [-0.1, -0.05) is 50.3 Å². The Bertz CT molecular complexity index is 1050. The Morgan fingerprint density at radius 3 is 2.38 bits per heavy atom. The first kappa shape index (κ1) is 25.5. The third-order valence-electron chi connectivity index (χ3n) is 5.59. The number of hydrogen-bond donors (Lipinski definition) is 1. The molecule has 0 aliphatic rings. The second kappa shape index (κ2) is 12.4. The first-order chi connectivity index (χ1) is 16.4. The van der Waals surface area contributed by atoms with Crippen molar-refractivity contribution < 1.29 is 14.6 Å². The minimum atomic E-state index is -0.417. The van der Waals surface area contributed by atoms with Crippen molar-refractivity contribution in [2.75, 3.05) is 20.2 Å². The normalized spacial score (nSPS) is 12.2. The van der Waals surface area contributed by atoms with Gasteiger partial charge in [-0.3, -0.25) is 4.90 Å². The van der Waals surface area contributed by atoms with Crippen LogP contribution < -0.4 is 9.47 Å². The zero-order chi connectivity index (χ0) is 24.5. The molecule has 1 atom stereocenters. The monoisotopic (exact) mass is 463 g/mol. The zero-order valence-corrected chi connectivity index (χ0v) is 20.8. The number of methoxy groups -OCH3 is 1. The summed E-state index contributed by atoms with van der Waals surface area (Å²) in [6.45, 7) is 12.2. The lowest BCUT2D eigenvalue weighted by Gasteiger charge is -2.27. The predicted octanol–water partition coefficient (Wildman–Crippen LogP) is 5.77. The topological polar surface area (TPSA) is 59.8 Å². The fourth-order valence-corrected chi connectivity index (χ4v) is 4.02. The average Bonchev–Trinajstić information content (AvgIpc) is 3.13. The number of aliphatic hydroxyl groups excluding tert-OH is 1. The summed E-state index contributed by atoms with van der Waals surface area (Å²) in [6.07, 6.45) is 2.93. The van der Waals surface area contributed by atoms with Crippen LogP contribution in [0.25, 0.3) is 5.69 Å². The van der Waals surface area contributed by atoms with Gasteiger partial charge >= 0.3 is 0 Å². The van der Waals surface area contributed by atoms with Gasteiger partial charge in [0.05, 0.1) is 30.2 Å². The summed E-state index contributed by atoms with van der Waals surface area (Å²) in [6, 6.07) is 17.6. The van der Waals surface area contributed by atoms with Crippen LogP contribution in [0.15, 0.2) is 67.3 Å². The maximum atomic E-state index is 10.6. The number of benzene rings is 2. The van der Waals surface area contributed by atoms with E-state index < -0.39 is 6.10 Å². The number of aliphatic hydroxyl groups is 1. The fraction of sp³-hybridized carbons (Fsp3) is 0.393. The number of aryl methyl sites for hydroxylation is 1. The molecule has 3 rings (SSSR count). The Morgan fingerprint density at radius 2 is 1.74 bits per heavy atom. The lowest BCUT2D eigenvalue weighted by Crippen LogP contribution is -2.35. The van der Waals surface area contributed by atoms with E-state index in [4.69, 9.17) is 14.6 Å². The largest absolute Gasteiger partial charge is 0.493 e. The number of nitrogens with zero attached hydrogens (tertiary/aromatic N) is 3. The summed E-state index contributed by atoms with van der Waals surface area (Å²) in [4.78, 5) is 2.28. The maximum absolute atomic E-state index is 10.6. The van der Waals surface area contributed by atoms with Crippen molar-refractivity contribution in [3.63, 3.8) is 0 Å². The number of allylic oxidation sites excluding steroid dienone is 1. The standard InChI is InChI=1S/C28H37N3O3/c1-6-7-15-24(32)19-30(18-21(2)3)20-25-22(4)29-31(23-13-9-8-10-14-23)28(25)34-27-17-12-11-16-26(27)33-5/h6,8-14,16-17,21,24,32H,1,7,15,18-20H2,2-5H3/t24-/m1/s1. The molecule has 1 N–H and O–H groups in total. The lowest BCUT2D eigenvalue weighted by atomic mass is 10.1. The van der Waals surface area contributed by atoms with E-state index in [1.54, 1.807) is 7.11 Å². The van der Waals surface area contributed by atoms with Crippen LogP contribution in [-0.4, -0.2) is 46.1 Å². The van der Waals surface area contributed by atoms with E-state index in [1.165, 1.54) is 0 Å². The van der Waals surface area contributed by atoms with E-state index in [9.17, 15) is 5.11 Å². The highest BCUT2D eigenvalue weighted by molar-refractivity contribution is 5.47. The van der Waals surface area contributed by atoms with Crippen molar-refractivity contribution in [1.29, 1.82) is 0 Å². The maximum Gasteiger partial charge on any atom is 0.227 e. The Hall–Kier alpha value is -3.09. The summed E-state index contributed by atoms with van der Waals surface area (Å²) >= 11 is 0. The number of aromatic nitrogens is 2. The number of ether oxygens (including phenoxy) is 2. The molecule has 0 saturated carbocycles. The second-order valence-electron chi connectivity index (χ2n) is 8.98. The summed E-state index contributed by atoms with van der Waals surface area (Å²) in [5.74, 6) is 2.40. The van der Waals surface area contributed by atoms with E-state index in [0.717, 1.165) is 29.9 Å². The molecule has 0 spiro atoms. The lowest BCUT2D eigenvalue weighted by molar-refractivity contribution is 0.0951. The smallest absolute Gasteiger partial charge is 0.227 e. The van der Waals surface area contributed by atoms with Crippen LogP contribution in [0.5, 0.6) is 17.4 Å². The van der Waals surface area contributed by atoms with Gasteiger partial charge in [0.1, 0.15) is 0 Å². The van der Waals surface area contributed by atoms with Gasteiger partial charge in [0, 0.05) is 19.6 Å². The summed E-state index contributed by atoms with van der Waals surface area (Å²) in [7, 11) is 1.64. The van der Waals surface area contributed by atoms with Crippen LogP contribution in [-0.2, 0) is 6.54 Å². The van der Waals surface area contributed by atoms with Crippen LogP contribution in [0, 0.1) is 12.8 Å². The van der Waals surface area contributed by atoms with E-state index in [-0.39, 0.29) is 0 Å². The molecule has 0 aliphatic carbocycles. The number of hydrogen-bond acceptors (Lipinski definition) is 5. The molecule has 34 heavy (non-hydrogen) atoms. The fourth-order valence-electron chi connectivity index (χ4n) is 4.02. The summed E-state index contributed by atoms with van der Waals surface area (Å²) in [5, 5.41) is 15.5. The van der Waals surface area contributed by atoms with Gasteiger partial charge in [-0.2, -0.15) is 5.10 Å². The minimum Gasteiger partial charge on any atom is -0.493 e. The number of rotatable bonds is 13. The quantitative estimate of drug-likeness (QED) is 0.326. The van der Waals surface area contributed by atoms with Gasteiger partial charge in [0.2, 0.25) is 5.88 Å². The van der Waals surface area contributed by atoms with E-state index in [0.29, 0.717) is 42.8 Å². The molecule has 0 aliphatic heterocycles. The Labute approximate surface area is 203 Å². The Morgan fingerprint density at radius 1 is 1.06 bits per heavy atom. The molecule has 0 saturated heterocycles. The third kappa shape index (κ3) is 6.72. The summed E-state index contributed by atoms with van der Waals surface area (Å²) < 4.78 is 13.9. The highest BCUT2D eigenvalue weighted by atomic mass is 16.5. The van der Waals surface area contributed by atoms with Gasteiger partial charge in [-0.25, -0.2) is 4.68 Å². The SMILES string of the molecule is C=CCC[C@@H](O)CN(Cc1c(C)nn(-c2ccccc2)c1Oc1ccccc1OC)CC(C)C. The van der Waals surface area contributed by atoms with Crippen molar-refractivity contribution in [3.05, 3.63) is 78.5 Å². The van der Waals surface area contributed by atoms with Crippen LogP contribution in [0.1, 0.15) is 37.9 Å². The van der Waals surface area contributed by atoms with Gasteiger partial charge in [0.15, 0.2) is 11.5 Å². The van der Waals surface area contributed by atoms with Crippen molar-refractivity contribution in [2.24, 2.45) is 5.92 Å². The van der Waals surface area contributed by atoms with Crippen LogP contribution in [0.2, 0.25) is 0 Å². The highest BCUT2D eigenvalue weighted by Crippen LogP contribution is 2.36. The molecule has 0 radical (unpaired) electrons. The molecular formula is C28H37N3O3. The molecule has 6 nitrogen and oxygen atoms in total. The van der Waals surface area contributed by atoms with Crippen LogP contribution >= 0.6 is 0 Å². The molecule has 0 amide bonds. The molecule has 1 heterocycles. The van der Waals surface area contributed by atoms with Gasteiger partial charge in [-0.05, 0) is 49.9 Å². The summed E-state index contributed by atoms with van der Waals surface area (Å²) in [5.41, 5.74) is 2.80. The zero-order valence-electron chi connectivity index (χ0n) is 20.8. The first-order valence-corrected chi connectivity index (χ1v) is 11.9. The molecule has 0 unspecified atom stereocenters. The van der Waals surface area contributed by atoms with Crippen molar-refractivity contribution in [3.8, 4) is 23.1 Å². The molecule has 3 aromatic rings. The molecule has 2 aromatic carbocycles. The van der Waals surface area contributed by atoms with Crippen molar-refractivity contribution >= 4 is 0 Å². The average molecular weight is 464 g/mol. The van der Waals surface area contributed by atoms with E-state index in [1.807, 2.05) is 72.3 Å².